The lowest BCUT2D eigenvalue weighted by molar-refractivity contribution is -0.119. The van der Waals surface area contributed by atoms with E-state index in [1.807, 2.05) is 38.1 Å². The minimum absolute atomic E-state index is 0.0273. The van der Waals surface area contributed by atoms with Crippen LogP contribution in [0.5, 0.6) is 0 Å². The van der Waals surface area contributed by atoms with Crippen LogP contribution in [0.25, 0.3) is 0 Å². The highest BCUT2D eigenvalue weighted by molar-refractivity contribution is 5.95. The molecule has 0 spiro atoms. The fraction of sp³-hybridized carbons (Fsp3) is 0.333. The van der Waals surface area contributed by atoms with Gasteiger partial charge in [-0.1, -0.05) is 18.2 Å². The van der Waals surface area contributed by atoms with Gasteiger partial charge in [-0.3, -0.25) is 9.48 Å². The van der Waals surface area contributed by atoms with E-state index in [-0.39, 0.29) is 11.9 Å². The summed E-state index contributed by atoms with van der Waals surface area (Å²) in [6, 6.07) is 7.60. The third-order valence-electron chi connectivity index (χ3n) is 3.94. The van der Waals surface area contributed by atoms with Crippen molar-refractivity contribution >= 4 is 17.3 Å². The molecule has 1 aromatic carbocycles. The first-order valence-corrected chi connectivity index (χ1v) is 6.78. The van der Waals surface area contributed by atoms with Crippen LogP contribution in [0.2, 0.25) is 0 Å². The number of para-hydroxylation sites is 1. The van der Waals surface area contributed by atoms with Crippen LogP contribution in [0.4, 0.5) is 11.4 Å². The number of nitrogens with one attached hydrogen (secondary N) is 1. The number of hydrogen-bond acceptors (Lipinski definition) is 3. The summed E-state index contributed by atoms with van der Waals surface area (Å²) in [5.74, 6) is -0.0273. The third kappa shape index (κ3) is 1.95. The summed E-state index contributed by atoms with van der Waals surface area (Å²) in [4.78, 5) is 12.4. The predicted molar refractivity (Wildman–Crippen MR) is 78.5 cm³/mol. The van der Waals surface area contributed by atoms with E-state index in [0.717, 1.165) is 35.5 Å². The molecule has 5 nitrogen and oxygen atoms in total. The van der Waals surface area contributed by atoms with Gasteiger partial charge in [0.05, 0.1) is 17.1 Å². The molecule has 0 radical (unpaired) electrons. The minimum Gasteiger partial charge on any atom is -0.396 e. The maximum Gasteiger partial charge on any atom is 0.249 e. The Morgan fingerprint density at radius 2 is 2.10 bits per heavy atom. The molecule has 1 aliphatic rings. The predicted octanol–water partition coefficient (Wildman–Crippen LogP) is 2.21. The highest BCUT2D eigenvalue weighted by atomic mass is 16.2. The maximum atomic E-state index is 12.4. The van der Waals surface area contributed by atoms with Gasteiger partial charge in [0.25, 0.3) is 0 Å². The second kappa shape index (κ2) is 4.67. The van der Waals surface area contributed by atoms with Crippen molar-refractivity contribution in [3.8, 4) is 0 Å². The monoisotopic (exact) mass is 270 g/mol. The molecule has 0 saturated carbocycles. The number of rotatable bonds is 1. The lowest BCUT2D eigenvalue weighted by atomic mass is 10.1. The van der Waals surface area contributed by atoms with E-state index in [4.69, 9.17) is 5.73 Å². The Labute approximate surface area is 117 Å². The quantitative estimate of drug-likeness (QED) is 0.834. The van der Waals surface area contributed by atoms with Crippen LogP contribution in [0.3, 0.4) is 0 Å². The van der Waals surface area contributed by atoms with Gasteiger partial charge in [-0.25, -0.2) is 0 Å². The molecule has 2 aromatic rings. The lowest BCUT2D eigenvalue weighted by Crippen LogP contribution is -2.26. The molecular weight excluding hydrogens is 252 g/mol. The molecule has 1 aromatic heterocycles. The molecule has 0 bridgehead atoms. The number of aryl methyl sites for hydroxylation is 2. The van der Waals surface area contributed by atoms with Gasteiger partial charge in [0.1, 0.15) is 6.04 Å². The van der Waals surface area contributed by atoms with Gasteiger partial charge >= 0.3 is 0 Å². The third-order valence-corrected chi connectivity index (χ3v) is 3.94. The zero-order valence-corrected chi connectivity index (χ0v) is 11.7. The number of benzene rings is 1. The van der Waals surface area contributed by atoms with E-state index in [1.54, 1.807) is 4.68 Å². The Kier molecular flexibility index (Phi) is 2.97. The zero-order chi connectivity index (χ0) is 14.3. The summed E-state index contributed by atoms with van der Waals surface area (Å²) in [5.41, 5.74) is 10.3. The number of hydrogen-bond donors (Lipinski definition) is 2. The number of nitrogens with zero attached hydrogens (tertiary/aromatic N) is 2. The number of anilines is 2. The largest absolute Gasteiger partial charge is 0.396 e. The Hall–Kier alpha value is -2.30. The van der Waals surface area contributed by atoms with Crippen molar-refractivity contribution in [1.29, 1.82) is 0 Å². The second-order valence-corrected chi connectivity index (χ2v) is 5.23. The fourth-order valence-electron chi connectivity index (χ4n) is 2.71. The van der Waals surface area contributed by atoms with E-state index < -0.39 is 0 Å². The van der Waals surface area contributed by atoms with Crippen molar-refractivity contribution in [2.75, 3.05) is 11.1 Å². The van der Waals surface area contributed by atoms with Gasteiger partial charge in [-0.15, -0.1) is 0 Å². The molecule has 1 unspecified atom stereocenters. The fourth-order valence-corrected chi connectivity index (χ4v) is 2.71. The van der Waals surface area contributed by atoms with Crippen LogP contribution in [-0.2, 0) is 11.2 Å². The topological polar surface area (TPSA) is 72.9 Å². The number of amides is 1. The molecule has 0 aliphatic carbocycles. The standard InChI is InChI=1S/C15H18N4O/c1-9-14(16)10(2)19(18-9)13-8-7-11-5-3-4-6-12(11)17-15(13)20/h3-6,13H,7-8,16H2,1-2H3,(H,17,20). The van der Waals surface area contributed by atoms with Crippen LogP contribution in [0.15, 0.2) is 24.3 Å². The molecule has 3 rings (SSSR count). The summed E-state index contributed by atoms with van der Waals surface area (Å²) in [7, 11) is 0. The van der Waals surface area contributed by atoms with Crippen LogP contribution in [0.1, 0.15) is 29.4 Å². The van der Waals surface area contributed by atoms with Crippen LogP contribution in [0, 0.1) is 13.8 Å². The number of nitrogens with two attached hydrogens (primary N) is 1. The molecule has 104 valence electrons. The van der Waals surface area contributed by atoms with Crippen LogP contribution < -0.4 is 11.1 Å². The van der Waals surface area contributed by atoms with Gasteiger partial charge < -0.3 is 11.1 Å². The molecule has 3 N–H and O–H groups in total. The molecular formula is C15H18N4O. The first-order valence-electron chi connectivity index (χ1n) is 6.78. The molecule has 20 heavy (non-hydrogen) atoms. The molecule has 2 heterocycles. The second-order valence-electron chi connectivity index (χ2n) is 5.23. The number of carbonyl (C=O) groups excluding carboxylic acids is 1. The smallest absolute Gasteiger partial charge is 0.249 e. The Balaban J connectivity index is 1.97. The summed E-state index contributed by atoms with van der Waals surface area (Å²) in [6.07, 6.45) is 1.57. The molecule has 0 saturated heterocycles. The molecule has 1 aliphatic heterocycles. The Morgan fingerprint density at radius 3 is 2.80 bits per heavy atom. The van der Waals surface area contributed by atoms with Gasteiger partial charge in [0.15, 0.2) is 0 Å². The maximum absolute atomic E-state index is 12.4. The Morgan fingerprint density at radius 1 is 1.35 bits per heavy atom. The van der Waals surface area contributed by atoms with Gasteiger partial charge in [-0.05, 0) is 38.3 Å². The summed E-state index contributed by atoms with van der Waals surface area (Å²) < 4.78 is 1.76. The van der Waals surface area contributed by atoms with E-state index in [2.05, 4.69) is 10.4 Å². The average molecular weight is 270 g/mol. The van der Waals surface area contributed by atoms with Crippen LogP contribution >= 0.6 is 0 Å². The van der Waals surface area contributed by atoms with E-state index in [0.29, 0.717) is 5.69 Å². The number of carbonyl (C=O) groups is 1. The highest BCUT2D eigenvalue weighted by Crippen LogP contribution is 2.29. The van der Waals surface area contributed by atoms with Gasteiger partial charge in [-0.2, -0.15) is 5.10 Å². The first-order chi connectivity index (χ1) is 9.58. The van der Waals surface area contributed by atoms with Crippen molar-refractivity contribution < 1.29 is 4.79 Å². The summed E-state index contributed by atoms with van der Waals surface area (Å²) in [5, 5.41) is 7.41. The lowest BCUT2D eigenvalue weighted by Gasteiger charge is -2.15. The van der Waals surface area contributed by atoms with Gasteiger partial charge in [0, 0.05) is 5.69 Å². The van der Waals surface area contributed by atoms with Gasteiger partial charge in [0.2, 0.25) is 5.91 Å². The van der Waals surface area contributed by atoms with Crippen molar-refractivity contribution in [1.82, 2.24) is 9.78 Å². The SMILES string of the molecule is Cc1nn(C2CCc3ccccc3NC2=O)c(C)c1N. The normalized spacial score (nSPS) is 18.3. The summed E-state index contributed by atoms with van der Waals surface area (Å²) >= 11 is 0. The average Bonchev–Trinajstić information content (AvgIpc) is 2.62. The van der Waals surface area contributed by atoms with Crippen molar-refractivity contribution in [3.63, 3.8) is 0 Å². The Bertz CT molecular complexity index is 675. The van der Waals surface area contributed by atoms with E-state index >= 15 is 0 Å². The number of aromatic nitrogens is 2. The molecule has 1 atom stereocenters. The number of nitrogen functional groups attached to an aromatic ring is 1. The number of fused-ring (bicyclic) bond motifs is 1. The molecule has 1 amide bonds. The molecule has 5 heteroatoms. The van der Waals surface area contributed by atoms with Crippen molar-refractivity contribution in [3.05, 3.63) is 41.2 Å². The highest BCUT2D eigenvalue weighted by Gasteiger charge is 2.27. The first kappa shape index (κ1) is 12.7. The van der Waals surface area contributed by atoms with Crippen molar-refractivity contribution in [2.45, 2.75) is 32.7 Å². The van der Waals surface area contributed by atoms with Crippen molar-refractivity contribution in [2.24, 2.45) is 0 Å². The van der Waals surface area contributed by atoms with E-state index in [1.165, 1.54) is 0 Å². The van der Waals surface area contributed by atoms with E-state index in [9.17, 15) is 4.79 Å². The minimum atomic E-state index is -0.307. The summed E-state index contributed by atoms with van der Waals surface area (Å²) in [6.45, 7) is 3.77. The molecule has 0 fully saturated rings. The van der Waals surface area contributed by atoms with Crippen LogP contribution in [-0.4, -0.2) is 15.7 Å². The zero-order valence-electron chi connectivity index (χ0n) is 11.7.